The number of hydrogen-bond donors (Lipinski definition) is 3. The Morgan fingerprint density at radius 3 is 2.62 bits per heavy atom. The Morgan fingerprint density at radius 2 is 1.95 bits per heavy atom. The van der Waals surface area contributed by atoms with Gasteiger partial charge in [0.2, 0.25) is 0 Å². The molecule has 110 valence electrons. The van der Waals surface area contributed by atoms with Crippen molar-refractivity contribution in [2.24, 2.45) is 4.99 Å². The Balaban J connectivity index is 2.34. The van der Waals surface area contributed by atoms with Gasteiger partial charge in [-0.3, -0.25) is 9.79 Å². The maximum absolute atomic E-state index is 11.2. The topological polar surface area (TPSA) is 107 Å². The van der Waals surface area contributed by atoms with Crippen molar-refractivity contribution in [1.29, 1.82) is 0 Å². The van der Waals surface area contributed by atoms with Gasteiger partial charge in [0, 0.05) is 12.0 Å². The Labute approximate surface area is 121 Å². The van der Waals surface area contributed by atoms with Crippen molar-refractivity contribution < 1.29 is 24.9 Å². The predicted molar refractivity (Wildman–Crippen MR) is 76.3 cm³/mol. The van der Waals surface area contributed by atoms with Crippen molar-refractivity contribution in [2.75, 3.05) is 0 Å². The number of rotatable bonds is 5. The highest BCUT2D eigenvalue weighted by atomic mass is 16.4. The monoisotopic (exact) mass is 289 g/mol. The molecule has 3 N–H and O–H groups in total. The van der Waals surface area contributed by atoms with Crippen molar-refractivity contribution in [2.45, 2.75) is 25.0 Å². The minimum Gasteiger partial charge on any atom is -0.481 e. The van der Waals surface area contributed by atoms with Crippen LogP contribution in [0.1, 0.15) is 24.0 Å². The number of aliphatic carboxylic acids is 2. The predicted octanol–water partition coefficient (Wildman–Crippen LogP) is 1.18. The van der Waals surface area contributed by atoms with Crippen LogP contribution in [-0.2, 0) is 9.59 Å². The van der Waals surface area contributed by atoms with Gasteiger partial charge in [0.15, 0.2) is 0 Å². The van der Waals surface area contributed by atoms with Crippen LogP contribution in [0.15, 0.2) is 35.3 Å². The number of aliphatic hydroxyl groups excluding tert-OH is 1. The van der Waals surface area contributed by atoms with E-state index in [9.17, 15) is 14.7 Å². The summed E-state index contributed by atoms with van der Waals surface area (Å²) in [7, 11) is 0. The van der Waals surface area contributed by atoms with Crippen LogP contribution < -0.4 is 0 Å². The quantitative estimate of drug-likeness (QED) is 0.754. The van der Waals surface area contributed by atoms with Crippen LogP contribution in [0.4, 0.5) is 0 Å². The van der Waals surface area contributed by atoms with Crippen LogP contribution in [-0.4, -0.2) is 45.1 Å². The lowest BCUT2D eigenvalue weighted by Gasteiger charge is -2.19. The van der Waals surface area contributed by atoms with E-state index in [4.69, 9.17) is 10.2 Å². The summed E-state index contributed by atoms with van der Waals surface area (Å²) in [6, 6.07) is 5.99. The zero-order valence-corrected chi connectivity index (χ0v) is 11.1. The Hall–Kier alpha value is -2.47. The molecule has 0 bridgehead atoms. The molecule has 0 heterocycles. The lowest BCUT2D eigenvalue weighted by atomic mass is 9.93. The second-order valence-corrected chi connectivity index (χ2v) is 4.69. The number of nitrogens with zero attached hydrogens (tertiary/aromatic N) is 1. The molecule has 2 atom stereocenters. The number of benzene rings is 1. The van der Waals surface area contributed by atoms with Crippen LogP contribution in [0.2, 0.25) is 0 Å². The second kappa shape index (κ2) is 6.32. The number of carbonyl (C=O) groups is 2. The third kappa shape index (κ3) is 3.55. The van der Waals surface area contributed by atoms with Gasteiger partial charge in [0.25, 0.3) is 0 Å². The van der Waals surface area contributed by atoms with E-state index in [0.29, 0.717) is 5.56 Å². The highest BCUT2D eigenvalue weighted by Gasteiger charge is 2.24. The zero-order chi connectivity index (χ0) is 15.4. The zero-order valence-electron chi connectivity index (χ0n) is 11.1. The maximum atomic E-state index is 11.2. The minimum absolute atomic E-state index is 0.118. The average Bonchev–Trinajstić information content (AvgIpc) is 2.44. The smallest absolute Gasteiger partial charge is 0.328 e. The molecular formula is C15H15NO5. The summed E-state index contributed by atoms with van der Waals surface area (Å²) in [5.41, 5.74) is 1.75. The van der Waals surface area contributed by atoms with Crippen molar-refractivity contribution in [1.82, 2.24) is 0 Å². The third-order valence-electron chi connectivity index (χ3n) is 3.19. The van der Waals surface area contributed by atoms with Crippen LogP contribution in [0.25, 0.3) is 6.08 Å². The molecule has 1 aliphatic rings. The molecule has 1 aromatic carbocycles. The lowest BCUT2D eigenvalue weighted by molar-refractivity contribution is -0.139. The highest BCUT2D eigenvalue weighted by Crippen LogP contribution is 2.21. The Bertz CT molecular complexity index is 620. The average molecular weight is 289 g/mol. The first-order chi connectivity index (χ1) is 9.99. The summed E-state index contributed by atoms with van der Waals surface area (Å²) >= 11 is 0. The normalized spacial score (nSPS) is 20.0. The van der Waals surface area contributed by atoms with Crippen LogP contribution in [0.3, 0.4) is 0 Å². The molecule has 21 heavy (non-hydrogen) atoms. The van der Waals surface area contributed by atoms with Gasteiger partial charge in [-0.1, -0.05) is 30.3 Å². The molecule has 0 saturated heterocycles. The van der Waals surface area contributed by atoms with Crippen LogP contribution in [0, 0.1) is 0 Å². The van der Waals surface area contributed by atoms with E-state index in [1.807, 2.05) is 12.1 Å². The molecule has 0 aromatic heterocycles. The summed E-state index contributed by atoms with van der Waals surface area (Å²) in [6.45, 7) is 0. The number of carboxylic acids is 2. The molecule has 1 aromatic rings. The Morgan fingerprint density at radius 1 is 1.24 bits per heavy atom. The van der Waals surface area contributed by atoms with Gasteiger partial charge in [-0.25, -0.2) is 4.79 Å². The summed E-state index contributed by atoms with van der Waals surface area (Å²) in [5, 5.41) is 27.8. The molecule has 0 aliphatic heterocycles. The van der Waals surface area contributed by atoms with E-state index < -0.39 is 24.1 Å². The molecule has 0 radical (unpaired) electrons. The van der Waals surface area contributed by atoms with Crippen molar-refractivity contribution in [3.8, 4) is 0 Å². The summed E-state index contributed by atoms with van der Waals surface area (Å²) in [4.78, 5) is 25.9. The number of aliphatic hydroxyl groups is 1. The van der Waals surface area contributed by atoms with E-state index in [1.165, 1.54) is 6.08 Å². The van der Waals surface area contributed by atoms with Crippen molar-refractivity contribution in [3.63, 3.8) is 0 Å². The number of aliphatic imine (C=N–C) groups is 1. The van der Waals surface area contributed by atoms with E-state index in [2.05, 4.69) is 4.99 Å². The van der Waals surface area contributed by atoms with Crippen molar-refractivity contribution in [3.05, 3.63) is 41.5 Å². The second-order valence-electron chi connectivity index (χ2n) is 4.69. The summed E-state index contributed by atoms with van der Waals surface area (Å²) in [6.07, 6.45) is 1.86. The minimum atomic E-state index is -1.21. The summed E-state index contributed by atoms with van der Waals surface area (Å²) < 4.78 is 0. The third-order valence-corrected chi connectivity index (χ3v) is 3.19. The lowest BCUT2D eigenvalue weighted by Crippen LogP contribution is -2.28. The first-order valence-corrected chi connectivity index (χ1v) is 6.47. The standard InChI is InChI=1S/C15H15NO5/c17-12-7-5-9-3-1-2-4-10(9)14(12)16-11(15(20)21)6-8-13(18)19/h1-5,7,11-12,17H,6,8H2,(H,18,19)(H,20,21)/t11-,12?/m0/s1. The van der Waals surface area contributed by atoms with Gasteiger partial charge >= 0.3 is 11.9 Å². The fourth-order valence-corrected chi connectivity index (χ4v) is 2.14. The highest BCUT2D eigenvalue weighted by molar-refractivity contribution is 6.10. The molecule has 6 nitrogen and oxygen atoms in total. The van der Waals surface area contributed by atoms with Gasteiger partial charge < -0.3 is 15.3 Å². The van der Waals surface area contributed by atoms with Crippen molar-refractivity contribution >= 4 is 23.7 Å². The van der Waals surface area contributed by atoms with E-state index in [1.54, 1.807) is 18.2 Å². The molecule has 0 amide bonds. The molecule has 1 unspecified atom stereocenters. The molecule has 1 aliphatic carbocycles. The number of hydrogen-bond acceptors (Lipinski definition) is 4. The van der Waals surface area contributed by atoms with E-state index in [-0.39, 0.29) is 18.6 Å². The fraction of sp³-hybridized carbons (Fsp3) is 0.267. The molecular weight excluding hydrogens is 274 g/mol. The first-order valence-electron chi connectivity index (χ1n) is 6.47. The van der Waals surface area contributed by atoms with Gasteiger partial charge in [-0.2, -0.15) is 0 Å². The van der Waals surface area contributed by atoms with Crippen LogP contribution >= 0.6 is 0 Å². The van der Waals surface area contributed by atoms with E-state index in [0.717, 1.165) is 5.56 Å². The number of fused-ring (bicyclic) bond motifs is 1. The molecule has 0 fully saturated rings. The SMILES string of the molecule is O=C(O)CC[C@H](N=C1c2ccccc2C=CC1O)C(=O)O. The van der Waals surface area contributed by atoms with Gasteiger partial charge in [0.1, 0.15) is 12.1 Å². The molecule has 6 heteroatoms. The summed E-state index contributed by atoms with van der Waals surface area (Å²) in [5.74, 6) is -2.28. The first kappa shape index (κ1) is 14.9. The van der Waals surface area contributed by atoms with Gasteiger partial charge in [0.05, 0.1) is 5.71 Å². The van der Waals surface area contributed by atoms with E-state index >= 15 is 0 Å². The molecule has 0 spiro atoms. The fourth-order valence-electron chi connectivity index (χ4n) is 2.14. The molecule has 2 rings (SSSR count). The largest absolute Gasteiger partial charge is 0.481 e. The Kier molecular flexibility index (Phi) is 4.49. The van der Waals surface area contributed by atoms with Gasteiger partial charge in [-0.05, 0) is 18.1 Å². The van der Waals surface area contributed by atoms with Crippen LogP contribution in [0.5, 0.6) is 0 Å². The van der Waals surface area contributed by atoms with Gasteiger partial charge in [-0.15, -0.1) is 0 Å². The molecule has 0 saturated carbocycles. The maximum Gasteiger partial charge on any atom is 0.328 e. The number of carboxylic acid groups (broad SMARTS) is 2.